The first kappa shape index (κ1) is 13.6. The van der Waals surface area contributed by atoms with Gasteiger partial charge in [0, 0.05) is 10.6 Å². The van der Waals surface area contributed by atoms with Gasteiger partial charge in [-0.15, -0.1) is 0 Å². The Labute approximate surface area is 123 Å². The molecule has 20 heavy (non-hydrogen) atoms. The van der Waals surface area contributed by atoms with Gasteiger partial charge in [0.15, 0.2) is 0 Å². The van der Waals surface area contributed by atoms with Crippen LogP contribution >= 0.6 is 11.6 Å². The van der Waals surface area contributed by atoms with Crippen molar-refractivity contribution in [1.82, 2.24) is 10.1 Å². The van der Waals surface area contributed by atoms with Gasteiger partial charge in [-0.1, -0.05) is 48.2 Å². The van der Waals surface area contributed by atoms with Crippen LogP contribution in [0.3, 0.4) is 0 Å². The molecule has 1 unspecified atom stereocenters. The van der Waals surface area contributed by atoms with Crippen molar-refractivity contribution in [2.75, 3.05) is 0 Å². The smallest absolute Gasteiger partial charge is 0.244 e. The van der Waals surface area contributed by atoms with Crippen LogP contribution in [0.15, 0.2) is 28.8 Å². The third-order valence-corrected chi connectivity index (χ3v) is 4.20. The lowest BCUT2D eigenvalue weighted by atomic mass is 9.84. The normalized spacial score (nSPS) is 18.1. The van der Waals surface area contributed by atoms with E-state index in [0.717, 1.165) is 18.4 Å². The van der Waals surface area contributed by atoms with Crippen molar-refractivity contribution in [3.8, 4) is 11.4 Å². The summed E-state index contributed by atoms with van der Waals surface area (Å²) in [6.45, 7) is 0. The monoisotopic (exact) mass is 291 g/mol. The molecule has 4 nitrogen and oxygen atoms in total. The molecule has 1 aliphatic carbocycles. The van der Waals surface area contributed by atoms with Crippen LogP contribution in [0, 0.1) is 5.92 Å². The predicted molar refractivity (Wildman–Crippen MR) is 78.2 cm³/mol. The first-order chi connectivity index (χ1) is 9.74. The number of benzene rings is 1. The van der Waals surface area contributed by atoms with Gasteiger partial charge in [-0.2, -0.15) is 4.98 Å². The zero-order valence-corrected chi connectivity index (χ0v) is 12.0. The van der Waals surface area contributed by atoms with Gasteiger partial charge in [0.2, 0.25) is 11.7 Å². The van der Waals surface area contributed by atoms with Crippen molar-refractivity contribution >= 4 is 11.6 Å². The lowest BCUT2D eigenvalue weighted by Gasteiger charge is -2.24. The van der Waals surface area contributed by atoms with Crippen LogP contribution in [0.1, 0.15) is 44.0 Å². The second-order valence-corrected chi connectivity index (χ2v) is 5.83. The van der Waals surface area contributed by atoms with Crippen molar-refractivity contribution in [3.05, 3.63) is 35.2 Å². The van der Waals surface area contributed by atoms with Gasteiger partial charge < -0.3 is 10.3 Å². The highest BCUT2D eigenvalue weighted by Gasteiger charge is 2.26. The predicted octanol–water partition coefficient (Wildman–Crippen LogP) is 3.97. The molecule has 0 radical (unpaired) electrons. The molecule has 0 bridgehead atoms. The molecule has 0 saturated heterocycles. The van der Waals surface area contributed by atoms with Crippen molar-refractivity contribution in [2.45, 2.75) is 38.1 Å². The summed E-state index contributed by atoms with van der Waals surface area (Å²) in [5, 5.41) is 4.68. The Hall–Kier alpha value is -1.39. The minimum Gasteiger partial charge on any atom is -0.337 e. The van der Waals surface area contributed by atoms with Crippen LogP contribution in [0.5, 0.6) is 0 Å². The van der Waals surface area contributed by atoms with E-state index in [1.807, 2.05) is 24.3 Å². The van der Waals surface area contributed by atoms with Crippen LogP contribution in [-0.2, 0) is 0 Å². The van der Waals surface area contributed by atoms with Gasteiger partial charge in [-0.3, -0.25) is 0 Å². The number of halogens is 1. The summed E-state index contributed by atoms with van der Waals surface area (Å²) in [5.41, 5.74) is 7.12. The summed E-state index contributed by atoms with van der Waals surface area (Å²) in [6, 6.07) is 7.26. The Morgan fingerprint density at radius 1 is 1.25 bits per heavy atom. The maximum atomic E-state index is 6.27. The average Bonchev–Trinajstić information content (AvgIpc) is 2.97. The van der Waals surface area contributed by atoms with Gasteiger partial charge in [0.1, 0.15) is 0 Å². The summed E-state index contributed by atoms with van der Waals surface area (Å²) in [5.74, 6) is 1.54. The molecule has 106 valence electrons. The zero-order valence-electron chi connectivity index (χ0n) is 11.3. The molecule has 1 aliphatic rings. The van der Waals surface area contributed by atoms with E-state index in [1.165, 1.54) is 19.3 Å². The van der Waals surface area contributed by atoms with Crippen LogP contribution < -0.4 is 5.73 Å². The van der Waals surface area contributed by atoms with Gasteiger partial charge in [-0.05, 0) is 30.9 Å². The van der Waals surface area contributed by atoms with E-state index in [9.17, 15) is 0 Å². The van der Waals surface area contributed by atoms with Crippen LogP contribution in [0.4, 0.5) is 0 Å². The van der Waals surface area contributed by atoms with Crippen LogP contribution in [-0.4, -0.2) is 10.1 Å². The number of nitrogens with two attached hydrogens (primary N) is 1. The Balaban J connectivity index is 1.79. The molecule has 1 saturated carbocycles. The quantitative estimate of drug-likeness (QED) is 0.929. The number of rotatable bonds is 3. The van der Waals surface area contributed by atoms with Gasteiger partial charge in [0.25, 0.3) is 0 Å². The molecule has 1 heterocycles. The van der Waals surface area contributed by atoms with Crippen LogP contribution in [0.2, 0.25) is 5.02 Å². The first-order valence-corrected chi connectivity index (χ1v) is 7.47. The Kier molecular flexibility index (Phi) is 4.03. The number of nitrogens with zero attached hydrogens (tertiary/aromatic N) is 2. The summed E-state index contributed by atoms with van der Waals surface area (Å²) >= 11 is 5.97. The fourth-order valence-corrected chi connectivity index (χ4v) is 3.00. The van der Waals surface area contributed by atoms with E-state index in [4.69, 9.17) is 21.9 Å². The SMILES string of the molecule is NC(c1nc(-c2cccc(Cl)c2)no1)C1CCCCC1. The lowest BCUT2D eigenvalue weighted by molar-refractivity contribution is 0.255. The first-order valence-electron chi connectivity index (χ1n) is 7.09. The summed E-state index contributed by atoms with van der Waals surface area (Å²) in [6.07, 6.45) is 6.09. The highest BCUT2D eigenvalue weighted by atomic mass is 35.5. The number of hydrogen-bond acceptors (Lipinski definition) is 4. The highest BCUT2D eigenvalue weighted by Crippen LogP contribution is 2.33. The Bertz CT molecular complexity index is 578. The van der Waals surface area contributed by atoms with Crippen molar-refractivity contribution in [3.63, 3.8) is 0 Å². The molecule has 1 aromatic carbocycles. The minimum absolute atomic E-state index is 0.157. The lowest BCUT2D eigenvalue weighted by Crippen LogP contribution is -2.23. The molecule has 5 heteroatoms. The maximum Gasteiger partial charge on any atom is 0.244 e. The van der Waals surface area contributed by atoms with E-state index in [2.05, 4.69) is 10.1 Å². The van der Waals surface area contributed by atoms with E-state index >= 15 is 0 Å². The maximum absolute atomic E-state index is 6.27. The summed E-state index contributed by atoms with van der Waals surface area (Å²) in [4.78, 5) is 4.44. The molecule has 1 fully saturated rings. The molecule has 3 rings (SSSR count). The molecule has 0 spiro atoms. The van der Waals surface area contributed by atoms with E-state index in [-0.39, 0.29) is 6.04 Å². The second-order valence-electron chi connectivity index (χ2n) is 5.39. The topological polar surface area (TPSA) is 64.9 Å². The standard InChI is InChI=1S/C15H18ClN3O/c16-12-8-4-7-11(9-12)14-18-15(20-19-14)13(17)10-5-2-1-3-6-10/h4,7-10,13H,1-3,5-6,17H2. The van der Waals surface area contributed by atoms with Crippen molar-refractivity contribution < 1.29 is 4.52 Å². The van der Waals surface area contributed by atoms with Crippen LogP contribution in [0.25, 0.3) is 11.4 Å². The molecule has 0 amide bonds. The number of aromatic nitrogens is 2. The van der Waals surface area contributed by atoms with Crippen molar-refractivity contribution in [1.29, 1.82) is 0 Å². The van der Waals surface area contributed by atoms with Gasteiger partial charge in [-0.25, -0.2) is 0 Å². The highest BCUT2D eigenvalue weighted by molar-refractivity contribution is 6.30. The van der Waals surface area contributed by atoms with E-state index in [1.54, 1.807) is 0 Å². The molecule has 1 atom stereocenters. The largest absolute Gasteiger partial charge is 0.337 e. The molecule has 2 aromatic rings. The molecular weight excluding hydrogens is 274 g/mol. The fourth-order valence-electron chi connectivity index (χ4n) is 2.81. The summed E-state index contributed by atoms with van der Waals surface area (Å²) in [7, 11) is 0. The van der Waals surface area contributed by atoms with E-state index < -0.39 is 0 Å². The Morgan fingerprint density at radius 3 is 2.80 bits per heavy atom. The third-order valence-electron chi connectivity index (χ3n) is 3.97. The molecule has 1 aromatic heterocycles. The number of hydrogen-bond donors (Lipinski definition) is 1. The van der Waals surface area contributed by atoms with Gasteiger partial charge in [0.05, 0.1) is 6.04 Å². The zero-order chi connectivity index (χ0) is 13.9. The fraction of sp³-hybridized carbons (Fsp3) is 0.467. The Morgan fingerprint density at radius 2 is 2.05 bits per heavy atom. The second kappa shape index (κ2) is 5.94. The van der Waals surface area contributed by atoms with Crippen molar-refractivity contribution in [2.24, 2.45) is 11.7 Å². The summed E-state index contributed by atoms with van der Waals surface area (Å²) < 4.78 is 5.34. The third kappa shape index (κ3) is 2.86. The molecule has 2 N–H and O–H groups in total. The van der Waals surface area contributed by atoms with E-state index in [0.29, 0.717) is 22.7 Å². The molecule has 0 aliphatic heterocycles. The minimum atomic E-state index is -0.157. The molecular formula is C15H18ClN3O. The van der Waals surface area contributed by atoms with Gasteiger partial charge >= 0.3 is 0 Å². The average molecular weight is 292 g/mol.